The molecule has 0 radical (unpaired) electrons. The molecule has 140 valence electrons. The van der Waals surface area contributed by atoms with Crippen LogP contribution in [0.2, 0.25) is 0 Å². The summed E-state index contributed by atoms with van der Waals surface area (Å²) in [5.74, 6) is 0.616. The van der Waals surface area contributed by atoms with Gasteiger partial charge in [-0.05, 0) is 31.9 Å². The van der Waals surface area contributed by atoms with Crippen LogP contribution in [-0.2, 0) is 10.0 Å². The van der Waals surface area contributed by atoms with Gasteiger partial charge in [-0.2, -0.15) is 9.29 Å². The maximum atomic E-state index is 13.4. The first-order chi connectivity index (χ1) is 13.1. The van der Waals surface area contributed by atoms with Crippen molar-refractivity contribution in [3.8, 4) is 22.8 Å². The highest BCUT2D eigenvalue weighted by Crippen LogP contribution is 2.35. The average molecular weight is 382 g/mol. The quantitative estimate of drug-likeness (QED) is 0.663. The third-order valence-corrected chi connectivity index (χ3v) is 6.87. The number of nitrogens with zero attached hydrogens (tertiary/aromatic N) is 2. The Morgan fingerprint density at radius 3 is 2.22 bits per heavy atom. The molecule has 2 aromatic carbocycles. The molecule has 5 nitrogen and oxygen atoms in total. The SMILES string of the molecule is CC1CCCCN1S(=O)(=O)c1nc(-c2ccccc2)oc1-c1ccccc1. The van der Waals surface area contributed by atoms with Crippen LogP contribution in [-0.4, -0.2) is 30.3 Å². The Kier molecular flexibility index (Phi) is 4.85. The minimum absolute atomic E-state index is 0.00121. The number of benzene rings is 2. The molecule has 1 aliphatic rings. The lowest BCUT2D eigenvalue weighted by atomic mass is 10.1. The van der Waals surface area contributed by atoms with Crippen LogP contribution in [0.4, 0.5) is 0 Å². The summed E-state index contributed by atoms with van der Waals surface area (Å²) in [5.41, 5.74) is 1.46. The van der Waals surface area contributed by atoms with Gasteiger partial charge in [-0.25, -0.2) is 8.42 Å². The number of sulfonamides is 1. The summed E-state index contributed by atoms with van der Waals surface area (Å²) in [6.45, 7) is 2.47. The minimum atomic E-state index is -3.75. The van der Waals surface area contributed by atoms with E-state index in [4.69, 9.17) is 4.42 Å². The van der Waals surface area contributed by atoms with Crippen molar-refractivity contribution >= 4 is 10.0 Å². The van der Waals surface area contributed by atoms with E-state index in [1.165, 1.54) is 0 Å². The molecule has 0 saturated carbocycles. The first-order valence-electron chi connectivity index (χ1n) is 9.21. The fraction of sp³-hybridized carbons (Fsp3) is 0.286. The molecule has 6 heteroatoms. The summed E-state index contributed by atoms with van der Waals surface area (Å²) in [6.07, 6.45) is 2.78. The molecule has 0 N–H and O–H groups in total. The number of rotatable bonds is 4. The number of oxazole rings is 1. The van der Waals surface area contributed by atoms with Gasteiger partial charge in [0.05, 0.1) is 0 Å². The Balaban J connectivity index is 1.87. The molecule has 4 rings (SSSR count). The van der Waals surface area contributed by atoms with E-state index >= 15 is 0 Å². The van der Waals surface area contributed by atoms with Gasteiger partial charge in [-0.15, -0.1) is 0 Å². The molecule has 0 amide bonds. The number of hydrogen-bond donors (Lipinski definition) is 0. The van der Waals surface area contributed by atoms with Crippen LogP contribution >= 0.6 is 0 Å². The molecule has 0 spiro atoms. The first-order valence-corrected chi connectivity index (χ1v) is 10.6. The van der Waals surface area contributed by atoms with Crippen LogP contribution in [0.1, 0.15) is 26.2 Å². The fourth-order valence-electron chi connectivity index (χ4n) is 3.50. The van der Waals surface area contributed by atoms with Crippen molar-refractivity contribution in [3.05, 3.63) is 60.7 Å². The van der Waals surface area contributed by atoms with Crippen molar-refractivity contribution in [2.24, 2.45) is 0 Å². The summed E-state index contributed by atoms with van der Waals surface area (Å²) in [4.78, 5) is 4.44. The van der Waals surface area contributed by atoms with Gasteiger partial charge in [0.2, 0.25) is 10.9 Å². The van der Waals surface area contributed by atoms with Gasteiger partial charge >= 0.3 is 0 Å². The van der Waals surface area contributed by atoms with Crippen molar-refractivity contribution in [2.45, 2.75) is 37.3 Å². The van der Waals surface area contributed by atoms with Crippen LogP contribution in [0.15, 0.2) is 70.1 Å². The highest BCUT2D eigenvalue weighted by Gasteiger charge is 2.36. The topological polar surface area (TPSA) is 63.4 Å². The Morgan fingerprint density at radius 1 is 0.963 bits per heavy atom. The Morgan fingerprint density at radius 2 is 1.59 bits per heavy atom. The van der Waals surface area contributed by atoms with Crippen LogP contribution in [0.3, 0.4) is 0 Å². The molecule has 1 saturated heterocycles. The Labute approximate surface area is 159 Å². The van der Waals surface area contributed by atoms with Gasteiger partial charge in [0.1, 0.15) is 0 Å². The molecular formula is C21H22N2O3S. The molecule has 0 aliphatic carbocycles. The van der Waals surface area contributed by atoms with Gasteiger partial charge in [0.15, 0.2) is 5.76 Å². The van der Waals surface area contributed by atoms with Crippen LogP contribution in [0.5, 0.6) is 0 Å². The summed E-state index contributed by atoms with van der Waals surface area (Å²) < 4.78 is 34.4. The lowest BCUT2D eigenvalue weighted by Gasteiger charge is -2.31. The maximum Gasteiger partial charge on any atom is 0.264 e. The molecular weight excluding hydrogens is 360 g/mol. The smallest absolute Gasteiger partial charge is 0.264 e. The Bertz CT molecular complexity index is 1010. The molecule has 2 heterocycles. The van der Waals surface area contributed by atoms with Gasteiger partial charge in [0, 0.05) is 23.7 Å². The lowest BCUT2D eigenvalue weighted by molar-refractivity contribution is 0.268. The van der Waals surface area contributed by atoms with E-state index in [9.17, 15) is 8.42 Å². The van der Waals surface area contributed by atoms with E-state index in [2.05, 4.69) is 4.98 Å². The third kappa shape index (κ3) is 3.42. The molecule has 1 unspecified atom stereocenters. The Hall–Kier alpha value is -2.44. The van der Waals surface area contributed by atoms with Gasteiger partial charge in [-0.3, -0.25) is 0 Å². The van der Waals surface area contributed by atoms with Crippen molar-refractivity contribution in [2.75, 3.05) is 6.54 Å². The first kappa shape index (κ1) is 17.9. The zero-order valence-electron chi connectivity index (χ0n) is 15.2. The van der Waals surface area contributed by atoms with Crippen LogP contribution in [0, 0.1) is 0 Å². The highest BCUT2D eigenvalue weighted by atomic mass is 32.2. The summed E-state index contributed by atoms with van der Waals surface area (Å²) >= 11 is 0. The van der Waals surface area contributed by atoms with E-state index < -0.39 is 10.0 Å². The van der Waals surface area contributed by atoms with Crippen molar-refractivity contribution in [3.63, 3.8) is 0 Å². The molecule has 1 atom stereocenters. The number of hydrogen-bond acceptors (Lipinski definition) is 4. The van der Waals surface area contributed by atoms with Gasteiger partial charge in [-0.1, -0.05) is 55.0 Å². The molecule has 1 aliphatic heterocycles. The number of aromatic nitrogens is 1. The second-order valence-electron chi connectivity index (χ2n) is 6.85. The standard InChI is InChI=1S/C21H22N2O3S/c1-16-10-8-9-15-23(16)27(24,25)21-19(17-11-4-2-5-12-17)26-20(22-21)18-13-6-3-7-14-18/h2-7,11-14,16H,8-10,15H2,1H3. The molecule has 1 fully saturated rings. The second-order valence-corrected chi connectivity index (χ2v) is 8.65. The predicted molar refractivity (Wildman–Crippen MR) is 105 cm³/mol. The predicted octanol–water partition coefficient (Wildman–Crippen LogP) is 4.57. The largest absolute Gasteiger partial charge is 0.435 e. The third-order valence-electron chi connectivity index (χ3n) is 4.95. The lowest BCUT2D eigenvalue weighted by Crippen LogP contribution is -2.42. The highest BCUT2D eigenvalue weighted by molar-refractivity contribution is 7.89. The van der Waals surface area contributed by atoms with E-state index in [0.29, 0.717) is 23.8 Å². The van der Waals surface area contributed by atoms with E-state index in [-0.39, 0.29) is 11.1 Å². The summed E-state index contributed by atoms with van der Waals surface area (Å²) in [5, 5.41) is 0.00121. The minimum Gasteiger partial charge on any atom is -0.435 e. The maximum absolute atomic E-state index is 13.4. The van der Waals surface area contributed by atoms with Crippen LogP contribution in [0.25, 0.3) is 22.8 Å². The van der Waals surface area contributed by atoms with Gasteiger partial charge < -0.3 is 4.42 Å². The van der Waals surface area contributed by atoms with Gasteiger partial charge in [0.25, 0.3) is 10.0 Å². The summed E-state index contributed by atoms with van der Waals surface area (Å²) in [7, 11) is -3.75. The van der Waals surface area contributed by atoms with Crippen molar-refractivity contribution < 1.29 is 12.8 Å². The normalized spacial score (nSPS) is 18.5. The number of piperidine rings is 1. The van der Waals surface area contributed by atoms with Crippen LogP contribution < -0.4 is 0 Å². The molecule has 3 aromatic rings. The molecule has 0 bridgehead atoms. The fourth-order valence-corrected chi connectivity index (χ4v) is 5.26. The van der Waals surface area contributed by atoms with Crippen molar-refractivity contribution in [1.82, 2.24) is 9.29 Å². The van der Waals surface area contributed by atoms with E-state index in [1.807, 2.05) is 67.6 Å². The second kappa shape index (κ2) is 7.29. The summed E-state index contributed by atoms with van der Waals surface area (Å²) in [6, 6.07) is 18.6. The zero-order valence-corrected chi connectivity index (χ0v) is 16.0. The van der Waals surface area contributed by atoms with E-state index in [0.717, 1.165) is 24.8 Å². The monoisotopic (exact) mass is 382 g/mol. The van der Waals surface area contributed by atoms with Crippen molar-refractivity contribution in [1.29, 1.82) is 0 Å². The van der Waals surface area contributed by atoms with E-state index in [1.54, 1.807) is 4.31 Å². The molecule has 1 aromatic heterocycles. The average Bonchev–Trinajstić information content (AvgIpc) is 3.16. The zero-order chi connectivity index (χ0) is 18.9. The molecule has 27 heavy (non-hydrogen) atoms.